The second kappa shape index (κ2) is 5.58. The van der Waals surface area contributed by atoms with Crippen LogP contribution >= 0.6 is 15.9 Å². The van der Waals surface area contributed by atoms with E-state index in [1.807, 2.05) is 18.2 Å². The molecule has 2 rings (SSSR count). The molecule has 0 bridgehead atoms. The van der Waals surface area contributed by atoms with Gasteiger partial charge in [0.05, 0.1) is 30.0 Å². The summed E-state index contributed by atoms with van der Waals surface area (Å²) in [5, 5.41) is 3.08. The molecule has 17 heavy (non-hydrogen) atoms. The van der Waals surface area contributed by atoms with Gasteiger partial charge in [-0.3, -0.25) is 4.98 Å². The molecule has 0 saturated heterocycles. The highest BCUT2D eigenvalue weighted by Crippen LogP contribution is 2.21. The molecular weight excluding hydrogens is 284 g/mol. The average molecular weight is 295 g/mol. The number of anilines is 1. The van der Waals surface area contributed by atoms with E-state index >= 15 is 0 Å². The molecule has 0 aliphatic carbocycles. The van der Waals surface area contributed by atoms with E-state index in [9.17, 15) is 0 Å². The SMILES string of the molecule is COc1nc(NCc2ccccn2)ncc1Br. The predicted octanol–water partition coefficient (Wildman–Crippen LogP) is 2.25. The molecule has 0 aliphatic rings. The van der Waals surface area contributed by atoms with Gasteiger partial charge in [0.25, 0.3) is 0 Å². The Morgan fingerprint density at radius 3 is 2.94 bits per heavy atom. The van der Waals surface area contributed by atoms with Crippen LogP contribution in [-0.2, 0) is 6.54 Å². The predicted molar refractivity (Wildman–Crippen MR) is 67.8 cm³/mol. The molecule has 0 aliphatic heterocycles. The van der Waals surface area contributed by atoms with Crippen molar-refractivity contribution in [2.45, 2.75) is 6.54 Å². The molecule has 2 aromatic rings. The maximum absolute atomic E-state index is 5.08. The zero-order valence-corrected chi connectivity index (χ0v) is 10.8. The lowest BCUT2D eigenvalue weighted by Crippen LogP contribution is -2.05. The van der Waals surface area contributed by atoms with Gasteiger partial charge in [-0.15, -0.1) is 0 Å². The number of aromatic nitrogens is 3. The summed E-state index contributed by atoms with van der Waals surface area (Å²) in [6, 6.07) is 5.75. The van der Waals surface area contributed by atoms with Gasteiger partial charge in [-0.05, 0) is 28.1 Å². The lowest BCUT2D eigenvalue weighted by molar-refractivity contribution is 0.394. The van der Waals surface area contributed by atoms with Crippen molar-refractivity contribution in [1.29, 1.82) is 0 Å². The van der Waals surface area contributed by atoms with Gasteiger partial charge in [-0.2, -0.15) is 4.98 Å². The first-order chi connectivity index (χ1) is 8.29. The van der Waals surface area contributed by atoms with E-state index in [4.69, 9.17) is 4.74 Å². The van der Waals surface area contributed by atoms with Crippen LogP contribution in [0.25, 0.3) is 0 Å². The molecule has 0 aromatic carbocycles. The number of methoxy groups -OCH3 is 1. The number of rotatable bonds is 4. The summed E-state index contributed by atoms with van der Waals surface area (Å²) in [6.45, 7) is 0.575. The van der Waals surface area contributed by atoms with Crippen LogP contribution in [0.2, 0.25) is 0 Å². The van der Waals surface area contributed by atoms with E-state index in [0.717, 1.165) is 10.2 Å². The van der Waals surface area contributed by atoms with Crippen LogP contribution in [0.3, 0.4) is 0 Å². The van der Waals surface area contributed by atoms with E-state index in [2.05, 4.69) is 36.2 Å². The topological polar surface area (TPSA) is 59.9 Å². The summed E-state index contributed by atoms with van der Waals surface area (Å²) < 4.78 is 5.81. The van der Waals surface area contributed by atoms with E-state index in [0.29, 0.717) is 18.4 Å². The van der Waals surface area contributed by atoms with Crippen LogP contribution in [0.1, 0.15) is 5.69 Å². The smallest absolute Gasteiger partial charge is 0.232 e. The first-order valence-corrected chi connectivity index (χ1v) is 5.79. The third kappa shape index (κ3) is 3.13. The molecular formula is C11H11BrN4O. The lowest BCUT2D eigenvalue weighted by atomic mass is 10.3. The molecule has 1 N–H and O–H groups in total. The first-order valence-electron chi connectivity index (χ1n) is 5.00. The third-order valence-corrected chi connectivity index (χ3v) is 2.60. The Labute approximate surface area is 107 Å². The van der Waals surface area contributed by atoms with Crippen LogP contribution in [0.15, 0.2) is 35.1 Å². The molecule has 0 atom stereocenters. The highest BCUT2D eigenvalue weighted by Gasteiger charge is 2.04. The summed E-state index contributed by atoms with van der Waals surface area (Å²) >= 11 is 3.30. The van der Waals surface area contributed by atoms with Crippen molar-refractivity contribution in [3.8, 4) is 5.88 Å². The quantitative estimate of drug-likeness (QED) is 0.937. The van der Waals surface area contributed by atoms with Crippen LogP contribution in [0, 0.1) is 0 Å². The molecule has 0 unspecified atom stereocenters. The van der Waals surface area contributed by atoms with Crippen LogP contribution < -0.4 is 10.1 Å². The molecule has 0 fully saturated rings. The Bertz CT molecular complexity index is 492. The molecule has 0 radical (unpaired) electrons. The van der Waals surface area contributed by atoms with Crippen molar-refractivity contribution in [2.75, 3.05) is 12.4 Å². The number of nitrogens with zero attached hydrogens (tertiary/aromatic N) is 3. The Morgan fingerprint density at radius 2 is 2.24 bits per heavy atom. The van der Waals surface area contributed by atoms with Gasteiger partial charge in [0.2, 0.25) is 11.8 Å². The fraction of sp³-hybridized carbons (Fsp3) is 0.182. The fourth-order valence-corrected chi connectivity index (χ4v) is 1.61. The van der Waals surface area contributed by atoms with Gasteiger partial charge >= 0.3 is 0 Å². The molecule has 0 saturated carbocycles. The number of hydrogen-bond acceptors (Lipinski definition) is 5. The Balaban J connectivity index is 2.04. The second-order valence-electron chi connectivity index (χ2n) is 3.23. The highest BCUT2D eigenvalue weighted by molar-refractivity contribution is 9.10. The minimum absolute atomic E-state index is 0.503. The Morgan fingerprint density at radius 1 is 1.35 bits per heavy atom. The van der Waals surface area contributed by atoms with Gasteiger partial charge in [-0.25, -0.2) is 4.98 Å². The lowest BCUT2D eigenvalue weighted by Gasteiger charge is -2.06. The fourth-order valence-electron chi connectivity index (χ4n) is 1.25. The molecule has 2 aromatic heterocycles. The summed E-state index contributed by atoms with van der Waals surface area (Å²) in [4.78, 5) is 12.5. The van der Waals surface area contributed by atoms with Crippen molar-refractivity contribution in [3.63, 3.8) is 0 Å². The Kier molecular flexibility index (Phi) is 3.87. The zero-order valence-electron chi connectivity index (χ0n) is 9.22. The van der Waals surface area contributed by atoms with Crippen molar-refractivity contribution in [2.24, 2.45) is 0 Å². The molecule has 0 amide bonds. The highest BCUT2D eigenvalue weighted by atomic mass is 79.9. The molecule has 6 heteroatoms. The van der Waals surface area contributed by atoms with Gasteiger partial charge in [-0.1, -0.05) is 6.07 Å². The molecule has 5 nitrogen and oxygen atoms in total. The largest absolute Gasteiger partial charge is 0.480 e. The summed E-state index contributed by atoms with van der Waals surface area (Å²) in [5.41, 5.74) is 0.929. The number of halogens is 1. The van der Waals surface area contributed by atoms with Crippen molar-refractivity contribution in [3.05, 3.63) is 40.8 Å². The van der Waals surface area contributed by atoms with Crippen molar-refractivity contribution in [1.82, 2.24) is 15.0 Å². The normalized spacial score (nSPS) is 10.0. The molecule has 88 valence electrons. The number of hydrogen-bond donors (Lipinski definition) is 1. The minimum Gasteiger partial charge on any atom is -0.480 e. The van der Waals surface area contributed by atoms with Gasteiger partial charge in [0.1, 0.15) is 0 Å². The maximum Gasteiger partial charge on any atom is 0.232 e. The van der Waals surface area contributed by atoms with Gasteiger partial charge < -0.3 is 10.1 Å². The minimum atomic E-state index is 0.503. The summed E-state index contributed by atoms with van der Waals surface area (Å²) in [6.07, 6.45) is 3.40. The van der Waals surface area contributed by atoms with Crippen LogP contribution in [0.4, 0.5) is 5.95 Å². The number of pyridine rings is 1. The van der Waals surface area contributed by atoms with Gasteiger partial charge in [0, 0.05) is 6.20 Å². The van der Waals surface area contributed by atoms with Crippen LogP contribution in [0.5, 0.6) is 5.88 Å². The van der Waals surface area contributed by atoms with E-state index < -0.39 is 0 Å². The summed E-state index contributed by atoms with van der Waals surface area (Å²) in [7, 11) is 1.57. The van der Waals surface area contributed by atoms with E-state index in [1.54, 1.807) is 19.5 Å². The second-order valence-corrected chi connectivity index (χ2v) is 4.08. The maximum atomic E-state index is 5.08. The van der Waals surface area contributed by atoms with E-state index in [1.165, 1.54) is 0 Å². The van der Waals surface area contributed by atoms with Crippen LogP contribution in [-0.4, -0.2) is 22.1 Å². The molecule has 2 heterocycles. The molecule has 0 spiro atoms. The van der Waals surface area contributed by atoms with E-state index in [-0.39, 0.29) is 0 Å². The van der Waals surface area contributed by atoms with Crippen molar-refractivity contribution < 1.29 is 4.74 Å². The van der Waals surface area contributed by atoms with Gasteiger partial charge in [0.15, 0.2) is 0 Å². The average Bonchev–Trinajstić information content (AvgIpc) is 2.39. The monoisotopic (exact) mass is 294 g/mol. The zero-order chi connectivity index (χ0) is 12.1. The third-order valence-electron chi connectivity index (χ3n) is 2.06. The Hall–Kier alpha value is -1.69. The van der Waals surface area contributed by atoms with Crippen molar-refractivity contribution >= 4 is 21.9 Å². The summed E-state index contributed by atoms with van der Waals surface area (Å²) in [5.74, 6) is 1.01. The number of nitrogens with one attached hydrogen (secondary N) is 1. The first kappa shape index (κ1) is 11.8. The standard InChI is InChI=1S/C11H11BrN4O/c1-17-10-9(12)7-15-11(16-10)14-6-8-4-2-3-5-13-8/h2-5,7H,6H2,1H3,(H,14,15,16). The number of ether oxygens (including phenoxy) is 1.